The zero-order valence-corrected chi connectivity index (χ0v) is 64.4. The predicted molar refractivity (Wildman–Crippen MR) is 317 cm³/mol. The minimum absolute atomic E-state index is 0. The van der Waals surface area contributed by atoms with Gasteiger partial charge in [-0.3, -0.25) is 49.9 Å². The van der Waals surface area contributed by atoms with Crippen molar-refractivity contribution < 1.29 is 178 Å². The van der Waals surface area contributed by atoms with Crippen molar-refractivity contribution in [2.75, 3.05) is 19.0 Å². The molecule has 0 saturated heterocycles. The summed E-state index contributed by atoms with van der Waals surface area (Å²) in [6.45, 7) is 8.33. The minimum atomic E-state index is -0.922. The van der Waals surface area contributed by atoms with Crippen LogP contribution in [0, 0.1) is 120 Å². The summed E-state index contributed by atoms with van der Waals surface area (Å²) in [4.78, 5) is 34.6. The number of hydrogen-bond donors (Lipinski definition) is 1. The monoisotopic (exact) mass is 2410 g/mol. The van der Waals surface area contributed by atoms with Gasteiger partial charge in [-0.1, -0.05) is 118 Å². The van der Waals surface area contributed by atoms with Crippen LogP contribution in [-0.4, -0.2) is 59.1 Å². The Morgan fingerprint density at radius 3 is 1.22 bits per heavy atom. The van der Waals surface area contributed by atoms with Crippen LogP contribution < -0.4 is 4.90 Å². The Hall–Kier alpha value is -7.61. The van der Waals surface area contributed by atoms with Crippen molar-refractivity contribution in [1.82, 2.24) is 39.9 Å². The van der Waals surface area contributed by atoms with E-state index in [1.165, 1.54) is 24.7 Å². The Morgan fingerprint density at radius 1 is 0.408 bits per heavy atom. The number of pyridine rings is 8. The number of halogens is 12. The van der Waals surface area contributed by atoms with Crippen LogP contribution in [0.3, 0.4) is 0 Å². The summed E-state index contributed by atoms with van der Waals surface area (Å²) in [7, 11) is 3.76. The molecule has 0 saturated carbocycles. The van der Waals surface area contributed by atoms with E-state index < -0.39 is 76.0 Å². The number of nitrogens with zero attached hydrogens (tertiary/aromatic N) is 10. The van der Waals surface area contributed by atoms with E-state index in [-0.39, 0.29) is 161 Å². The summed E-state index contributed by atoms with van der Waals surface area (Å²) in [6, 6.07) is 48.8. The molecule has 8 aromatic heterocycles. The van der Waals surface area contributed by atoms with E-state index in [9.17, 15) is 52.7 Å². The van der Waals surface area contributed by atoms with Gasteiger partial charge in [-0.05, 0) is 83.0 Å². The summed E-state index contributed by atoms with van der Waals surface area (Å²) < 4.78 is 156. The molecule has 0 aliphatic heterocycles. The summed E-state index contributed by atoms with van der Waals surface area (Å²) >= 11 is 0. The molecule has 6 radical (unpaired) electrons. The molecular weight excluding hydrogens is 2370 g/mol. The van der Waals surface area contributed by atoms with E-state index in [1.54, 1.807) is 104 Å². The molecular formula is C69H42F12Ir6N10O-6. The van der Waals surface area contributed by atoms with Gasteiger partial charge in [-0.2, -0.15) is 0 Å². The van der Waals surface area contributed by atoms with Gasteiger partial charge >= 0.3 is 0 Å². The van der Waals surface area contributed by atoms with Crippen LogP contribution in [0.15, 0.2) is 183 Å². The summed E-state index contributed by atoms with van der Waals surface area (Å²) in [5, 5.41) is 8.93. The van der Waals surface area contributed by atoms with Gasteiger partial charge in [-0.15, -0.1) is 66.2 Å². The zero-order chi connectivity index (χ0) is 66.3. The first-order valence-corrected chi connectivity index (χ1v) is 26.5. The van der Waals surface area contributed by atoms with Gasteiger partial charge in [0.15, 0.2) is 5.69 Å². The first-order valence-electron chi connectivity index (χ1n) is 26.5. The van der Waals surface area contributed by atoms with Gasteiger partial charge in [0.25, 0.3) is 0 Å². The summed E-state index contributed by atoms with van der Waals surface area (Å²) in [5.74, 6) is -9.38. The Bertz CT molecular complexity index is 4400. The molecule has 0 bridgehead atoms. The molecule has 12 rings (SSSR count). The number of rotatable bonds is 8. The molecule has 12 aromatic rings. The van der Waals surface area contributed by atoms with Gasteiger partial charge in [-0.25, -0.2) is 17.6 Å². The Balaban J connectivity index is 0.000000582. The molecule has 8 heterocycles. The number of aromatic nitrogens is 8. The fourth-order valence-electron chi connectivity index (χ4n) is 7.62. The number of aliphatic hydroxyl groups is 1. The van der Waals surface area contributed by atoms with E-state index in [0.717, 1.165) is 65.8 Å². The number of hydrogen-bond acceptors (Lipinski definition) is 10. The predicted octanol–water partition coefficient (Wildman–Crippen LogP) is 16.2. The SMILES string of the molecule is CN(C)c1ccnc(-c2[c-]cc(F)cc2F)c1.Cc1cccnc1-c1[c-]cc(F)nc1F.Fc1c[c-]c(-c2ccccn2)c(F)c1.Fc1c[c-]c(-c2ccccn2)c(F)n1.OCc1ccnc(-c2[c-]cc(F)cc2F)c1.[C-]#[N+]c1c(F)c[c-]c(-c2ccccn2)c1F.[Ir].[Ir].[Ir].[Ir].[Ir].[Ir]. The van der Waals surface area contributed by atoms with Gasteiger partial charge < -0.3 is 39.9 Å². The van der Waals surface area contributed by atoms with Crippen molar-refractivity contribution in [1.29, 1.82) is 0 Å². The molecule has 11 nitrogen and oxygen atoms in total. The third-order valence-electron chi connectivity index (χ3n) is 12.0. The molecule has 29 heteroatoms. The quantitative estimate of drug-likeness (QED) is 0.0891. The summed E-state index contributed by atoms with van der Waals surface area (Å²) in [6.07, 6.45) is 9.14. The van der Waals surface area contributed by atoms with E-state index in [4.69, 9.17) is 11.7 Å². The smallest absolute Gasteiger partial charge is 0.176 e. The third kappa shape index (κ3) is 25.9. The molecule has 0 amide bonds. The van der Waals surface area contributed by atoms with E-state index >= 15 is 0 Å². The van der Waals surface area contributed by atoms with Crippen LogP contribution in [0.4, 0.5) is 64.1 Å². The Kier molecular flexibility index (Phi) is 40.1. The number of anilines is 1. The zero-order valence-electron chi connectivity index (χ0n) is 50.0. The van der Waals surface area contributed by atoms with Crippen molar-refractivity contribution in [3.05, 3.63) is 312 Å². The maximum absolute atomic E-state index is 13.7. The number of benzene rings is 4. The molecule has 0 spiro atoms. The van der Waals surface area contributed by atoms with Crippen LogP contribution in [0.2, 0.25) is 0 Å². The fraction of sp³-hybridized carbons (Fsp3) is 0.0580. The van der Waals surface area contributed by atoms with Gasteiger partial charge in [0.05, 0.1) is 13.2 Å². The van der Waals surface area contributed by atoms with Crippen LogP contribution in [0.5, 0.6) is 0 Å². The van der Waals surface area contributed by atoms with Gasteiger partial charge in [0.2, 0.25) is 0 Å². The van der Waals surface area contributed by atoms with Crippen molar-refractivity contribution >= 4 is 11.4 Å². The van der Waals surface area contributed by atoms with Crippen molar-refractivity contribution in [3.63, 3.8) is 0 Å². The Morgan fingerprint density at radius 2 is 0.806 bits per heavy atom. The van der Waals surface area contributed by atoms with Crippen LogP contribution >= 0.6 is 0 Å². The maximum atomic E-state index is 13.7. The number of aryl methyl sites for hydroxylation is 1. The molecule has 1 N–H and O–H groups in total. The minimum Gasteiger partial charge on any atom is -0.392 e. The van der Waals surface area contributed by atoms with Gasteiger partial charge in [0.1, 0.15) is 23.8 Å². The van der Waals surface area contributed by atoms with E-state index in [2.05, 4.69) is 81.1 Å². The van der Waals surface area contributed by atoms with Crippen LogP contribution in [-0.2, 0) is 127 Å². The molecule has 4 aromatic carbocycles. The van der Waals surface area contributed by atoms with E-state index in [1.807, 2.05) is 25.1 Å². The average Bonchev–Trinajstić information content (AvgIpc) is 0.811. The molecule has 0 aliphatic rings. The van der Waals surface area contributed by atoms with Crippen LogP contribution in [0.1, 0.15) is 11.1 Å². The third-order valence-corrected chi connectivity index (χ3v) is 12.0. The standard InChI is InChI=1S/C13H11F2N2.C12H5F2N2.C12H8F2NO.C11H7F2N2.C11H6F2N.C10H5F2N2.6Ir/c1-17(2)10-5-6-16-13(8-10)11-4-3-9(14)7-12(11)15;1-15-12-9(13)6-5-8(11(12)14)10-4-2-3-7-16-10;13-9-1-2-10(11(14)6-9)12-5-8(7-16)3-4-15-12;1-7-3-2-6-14-10(7)8-4-5-9(12)15-11(8)13;12-8-4-5-9(10(13)7-8)11-3-1-2-6-14-11;11-9-5-4-7(10(12)14-9)8-3-1-2-6-13-8;;;;;;/h3,5-8H,1-2H3;2-4,6-7H;1,3-6,16H,7H2;2-3,5-6H,1H3;1-4,6-7H;1-3,5-6H;;;;;;/q6*-1;;;;;;. The van der Waals surface area contributed by atoms with E-state index in [0.29, 0.717) is 39.7 Å². The summed E-state index contributed by atoms with van der Waals surface area (Å²) in [5.41, 5.74) is 4.66. The molecule has 98 heavy (non-hydrogen) atoms. The van der Waals surface area contributed by atoms with Crippen molar-refractivity contribution in [2.45, 2.75) is 13.5 Å². The first-order chi connectivity index (χ1) is 44.2. The van der Waals surface area contributed by atoms with Crippen molar-refractivity contribution in [2.24, 2.45) is 0 Å². The molecule has 0 fully saturated rings. The first kappa shape index (κ1) is 88.4. The van der Waals surface area contributed by atoms with Crippen LogP contribution in [0.25, 0.3) is 72.4 Å². The molecule has 0 aliphatic carbocycles. The average molecular weight is 2410 g/mol. The largest absolute Gasteiger partial charge is 0.392 e. The number of aliphatic hydroxyl groups excluding tert-OH is 1. The molecule has 0 unspecified atom stereocenters. The topological polar surface area (TPSA) is 131 Å². The normalized spacial score (nSPS) is 9.58. The van der Waals surface area contributed by atoms with Gasteiger partial charge in [0, 0.05) is 224 Å². The second-order valence-electron chi connectivity index (χ2n) is 18.5. The van der Waals surface area contributed by atoms with Crippen molar-refractivity contribution in [3.8, 4) is 67.5 Å². The Labute approximate surface area is 636 Å². The second-order valence-corrected chi connectivity index (χ2v) is 18.5. The molecule has 0 atom stereocenters. The maximum Gasteiger partial charge on any atom is 0.176 e. The second kappa shape index (κ2) is 44.4. The fourth-order valence-corrected chi connectivity index (χ4v) is 7.62. The molecule has 518 valence electrons.